The molecule has 0 aliphatic carbocycles. The van der Waals surface area contributed by atoms with Crippen LogP contribution < -0.4 is 42.3 Å². The second-order valence-corrected chi connectivity index (χ2v) is 24.5. The van der Waals surface area contributed by atoms with Crippen molar-refractivity contribution in [2.45, 2.75) is 101 Å². The lowest BCUT2D eigenvalue weighted by atomic mass is 10.1. The highest BCUT2D eigenvalue weighted by Gasteiger charge is 2.51. The van der Waals surface area contributed by atoms with Gasteiger partial charge in [0.05, 0.1) is 82.7 Å². The molecule has 0 spiro atoms. The van der Waals surface area contributed by atoms with Crippen LogP contribution in [0.2, 0.25) is 5.04 Å². The molecular formula is C43H68N9O2S2Si+3. The number of nitrogens with zero attached hydrogens (tertiary/aromatic N) is 3. The Balaban J connectivity index is 0.776. The third kappa shape index (κ3) is 9.61. The lowest BCUT2D eigenvalue weighted by Crippen LogP contribution is -2.68. The first-order valence-electron chi connectivity index (χ1n) is 21.7. The van der Waals surface area contributed by atoms with Crippen LogP contribution in [-0.2, 0) is 4.43 Å². The average molecular weight is 835 g/mol. The van der Waals surface area contributed by atoms with Crippen LogP contribution >= 0.6 is 23.5 Å². The average Bonchev–Trinajstić information content (AvgIpc) is 3.23. The van der Waals surface area contributed by atoms with Gasteiger partial charge in [-0.1, -0.05) is 81.4 Å². The van der Waals surface area contributed by atoms with Gasteiger partial charge in [-0.15, -0.1) is 0 Å². The monoisotopic (exact) mass is 834 g/mol. The Morgan fingerprint density at radius 3 is 1.25 bits per heavy atom. The normalized spacial score (nSPS) is 27.7. The molecule has 6 aliphatic heterocycles. The highest BCUT2D eigenvalue weighted by Crippen LogP contribution is 2.37. The summed E-state index contributed by atoms with van der Waals surface area (Å²) in [7, 11) is -2.58. The maximum Gasteiger partial charge on any atom is 0.346 e. The third-order valence-electron chi connectivity index (χ3n) is 12.9. The molecule has 310 valence electrons. The summed E-state index contributed by atoms with van der Waals surface area (Å²) in [4.78, 5) is 0. The van der Waals surface area contributed by atoms with E-state index in [1.165, 1.54) is 48.0 Å². The lowest BCUT2D eigenvalue weighted by Gasteiger charge is -2.44. The van der Waals surface area contributed by atoms with Gasteiger partial charge in [-0.3, -0.25) is 45.6 Å². The molecule has 0 bridgehead atoms. The van der Waals surface area contributed by atoms with Crippen LogP contribution in [-0.4, -0.2) is 157 Å². The zero-order valence-electron chi connectivity index (χ0n) is 34.5. The Labute approximate surface area is 350 Å². The number of nitrogens with one attached hydrogen (secondary N) is 6. The molecule has 6 aliphatic rings. The van der Waals surface area contributed by atoms with Gasteiger partial charge in [0.2, 0.25) is 0 Å². The van der Waals surface area contributed by atoms with E-state index in [9.17, 15) is 5.11 Å². The molecule has 0 radical (unpaired) electrons. The minimum Gasteiger partial charge on any atom is -0.404 e. The van der Waals surface area contributed by atoms with E-state index in [2.05, 4.69) is 151 Å². The van der Waals surface area contributed by atoms with Crippen LogP contribution in [0.5, 0.6) is 0 Å². The highest BCUT2D eigenvalue weighted by molar-refractivity contribution is 7.99. The molecule has 8 rings (SSSR count). The summed E-state index contributed by atoms with van der Waals surface area (Å²) in [5.41, 5.74) is 0. The highest BCUT2D eigenvalue weighted by atomic mass is 32.2. The number of benzene rings is 2. The number of hydrogen-bond acceptors (Lipinski definition) is 10. The fraction of sp³-hybridized carbons (Fsp3) is 0.651. The van der Waals surface area contributed by atoms with Crippen molar-refractivity contribution in [2.75, 3.05) is 75.5 Å². The van der Waals surface area contributed by atoms with Crippen molar-refractivity contribution >= 4 is 60.1 Å². The van der Waals surface area contributed by atoms with E-state index in [0.29, 0.717) is 30.8 Å². The summed E-state index contributed by atoms with van der Waals surface area (Å²) in [5.74, 6) is 8.08. The summed E-state index contributed by atoms with van der Waals surface area (Å²) in [5, 5.41) is 35.1. The number of guanidine groups is 3. The smallest absolute Gasteiger partial charge is 0.346 e. The Morgan fingerprint density at radius 2 is 0.877 bits per heavy atom. The van der Waals surface area contributed by atoms with Crippen molar-refractivity contribution in [3.8, 4) is 0 Å². The van der Waals surface area contributed by atoms with E-state index in [4.69, 9.17) is 4.43 Å². The van der Waals surface area contributed by atoms with Crippen LogP contribution in [0.4, 0.5) is 0 Å². The van der Waals surface area contributed by atoms with E-state index < -0.39 is 8.32 Å². The van der Waals surface area contributed by atoms with Crippen LogP contribution in [0.1, 0.15) is 59.3 Å². The molecule has 0 aromatic heterocycles. The van der Waals surface area contributed by atoms with Gasteiger partial charge >= 0.3 is 17.9 Å². The minimum atomic E-state index is -2.58. The third-order valence-corrected chi connectivity index (χ3v) is 20.5. The first-order chi connectivity index (χ1) is 27.8. The van der Waals surface area contributed by atoms with Gasteiger partial charge < -0.3 is 9.53 Å². The molecule has 0 fully saturated rings. The summed E-state index contributed by atoms with van der Waals surface area (Å²) in [6.07, 6.45) is 6.85. The maximum absolute atomic E-state index is 9.61. The molecule has 6 atom stereocenters. The Kier molecular flexibility index (Phi) is 13.3. The SMILES string of the molecule is CC(C)(C)[Si](OC[C@H]1CC[N+]2=C(N1)N[C@@H](CSC[C@H]1CC[N+]3=C(N1)N[C@@H](CSC[C@H]1CC[N+]4=C(N1)N[C@@H](CO)CC4)CC3)CC2)(c1ccccc1)c1ccccc1. The molecule has 7 N–H and O–H groups in total. The topological polar surface area (TPSA) is 111 Å². The molecule has 6 heterocycles. The van der Waals surface area contributed by atoms with Crippen molar-refractivity contribution in [2.24, 2.45) is 0 Å². The molecule has 2 aromatic rings. The van der Waals surface area contributed by atoms with Gasteiger partial charge in [-0.25, -0.2) is 0 Å². The molecular weight excluding hydrogens is 767 g/mol. The van der Waals surface area contributed by atoms with E-state index in [0.717, 1.165) is 81.1 Å². The molecule has 0 unspecified atom stereocenters. The Hall–Kier alpha value is -2.91. The van der Waals surface area contributed by atoms with Gasteiger partial charge in [0, 0.05) is 61.5 Å². The van der Waals surface area contributed by atoms with E-state index in [1.807, 2.05) is 0 Å². The molecule has 2 aromatic carbocycles. The molecule has 11 nitrogen and oxygen atoms in total. The fourth-order valence-electron chi connectivity index (χ4n) is 9.60. The predicted molar refractivity (Wildman–Crippen MR) is 240 cm³/mol. The minimum absolute atomic E-state index is 0.0262. The van der Waals surface area contributed by atoms with Gasteiger partial charge in [-0.05, 0) is 15.4 Å². The fourth-order valence-corrected chi connectivity index (χ4v) is 16.6. The van der Waals surface area contributed by atoms with Gasteiger partial charge in [-0.2, -0.15) is 23.5 Å². The summed E-state index contributed by atoms with van der Waals surface area (Å²) in [6, 6.07) is 24.4. The second-order valence-electron chi connectivity index (χ2n) is 18.0. The summed E-state index contributed by atoms with van der Waals surface area (Å²) < 4.78 is 14.8. The van der Waals surface area contributed by atoms with Crippen molar-refractivity contribution in [1.82, 2.24) is 31.9 Å². The second kappa shape index (κ2) is 18.6. The van der Waals surface area contributed by atoms with Crippen molar-refractivity contribution in [3.05, 3.63) is 60.7 Å². The lowest BCUT2D eigenvalue weighted by molar-refractivity contribution is -0.542. The predicted octanol–water partition coefficient (Wildman–Crippen LogP) is 1.30. The number of rotatable bonds is 14. The summed E-state index contributed by atoms with van der Waals surface area (Å²) >= 11 is 4.17. The zero-order chi connectivity index (χ0) is 39.2. The van der Waals surface area contributed by atoms with Crippen molar-refractivity contribution < 1.29 is 23.3 Å². The maximum atomic E-state index is 9.61. The number of aliphatic hydroxyl groups excluding tert-OH is 1. The molecule has 57 heavy (non-hydrogen) atoms. The first-order valence-corrected chi connectivity index (χ1v) is 26.0. The number of hydrogen-bond donors (Lipinski definition) is 7. The Morgan fingerprint density at radius 1 is 0.544 bits per heavy atom. The number of aliphatic hydroxyl groups is 1. The van der Waals surface area contributed by atoms with Crippen LogP contribution in [0, 0.1) is 0 Å². The van der Waals surface area contributed by atoms with E-state index in [-0.39, 0.29) is 23.7 Å². The van der Waals surface area contributed by atoms with E-state index in [1.54, 1.807) is 0 Å². The van der Waals surface area contributed by atoms with Gasteiger partial charge in [0.25, 0.3) is 8.32 Å². The molecule has 0 saturated carbocycles. The largest absolute Gasteiger partial charge is 0.404 e. The first kappa shape index (κ1) is 40.8. The number of thioether (sulfide) groups is 2. The van der Waals surface area contributed by atoms with E-state index >= 15 is 0 Å². The van der Waals surface area contributed by atoms with Crippen LogP contribution in [0.3, 0.4) is 0 Å². The van der Waals surface area contributed by atoms with Crippen LogP contribution in [0.25, 0.3) is 0 Å². The summed E-state index contributed by atoms with van der Waals surface area (Å²) in [6.45, 7) is 14.6. The van der Waals surface area contributed by atoms with Crippen molar-refractivity contribution in [3.63, 3.8) is 0 Å². The molecule has 0 amide bonds. The standard InChI is InChI=1S/C43H65N9O2S2Si/c1-43(2,3)57(38-10-6-4-7-11-38,39-12-8-5-9-13-39)54-27-33-15-21-51-23-17-35(47-41(51)45-33)29-56-31-37-19-25-52-24-18-36(48-42(52)49-37)30-55-28-34-16-22-50-20-14-32(26-53)44-40(50)46-34/h4-13,32-37,53H,14-31H2,1-3H3,(H3,44,45,46,47,48,49)/p+3/t32-,33-,34-,35-,36-,37-/m1/s1. The Bertz CT molecular complexity index is 1720. The van der Waals surface area contributed by atoms with Crippen LogP contribution in [0.15, 0.2) is 60.7 Å². The molecule has 0 saturated heterocycles. The molecule has 14 heteroatoms. The van der Waals surface area contributed by atoms with Gasteiger partial charge in [0.15, 0.2) is 0 Å². The van der Waals surface area contributed by atoms with Gasteiger partial charge in [0.1, 0.15) is 6.04 Å². The van der Waals surface area contributed by atoms with Crippen molar-refractivity contribution in [1.29, 1.82) is 0 Å². The zero-order valence-corrected chi connectivity index (χ0v) is 37.1. The quantitative estimate of drug-likeness (QED) is 0.111.